The highest BCUT2D eigenvalue weighted by atomic mass is 16.3. The molecule has 39 heavy (non-hydrogen) atoms. The highest BCUT2D eigenvalue weighted by Gasteiger charge is 2.56. The molecule has 3 aromatic rings. The number of benzene rings is 3. The van der Waals surface area contributed by atoms with Crippen LogP contribution in [-0.2, 0) is 28.7 Å². The minimum atomic E-state index is -1.47. The maximum atomic E-state index is 13.9. The second-order valence-corrected chi connectivity index (χ2v) is 11.2. The quantitative estimate of drug-likeness (QED) is 0.313. The van der Waals surface area contributed by atoms with Crippen molar-refractivity contribution in [2.45, 2.75) is 43.1 Å². The number of ketones is 1. The summed E-state index contributed by atoms with van der Waals surface area (Å²) >= 11 is 0. The number of rotatable bonds is 4. The maximum Gasteiger partial charge on any atom is 0.262 e. The number of hydrogen-bond acceptors (Lipinski definition) is 3. The summed E-state index contributed by atoms with van der Waals surface area (Å²) < 4.78 is 1.68. The molecule has 4 aliphatic rings. The number of H-pyrrole nitrogens is 1. The van der Waals surface area contributed by atoms with Crippen molar-refractivity contribution in [3.05, 3.63) is 131 Å². The van der Waals surface area contributed by atoms with Crippen molar-refractivity contribution >= 4 is 11.7 Å². The molecule has 0 aromatic heterocycles. The lowest BCUT2D eigenvalue weighted by molar-refractivity contribution is -0.150. The molecule has 3 unspecified atom stereocenters. The second kappa shape index (κ2) is 8.92. The van der Waals surface area contributed by atoms with Crippen LogP contribution in [0.4, 0.5) is 0 Å². The predicted molar refractivity (Wildman–Crippen MR) is 150 cm³/mol. The van der Waals surface area contributed by atoms with E-state index in [4.69, 9.17) is 0 Å². The van der Waals surface area contributed by atoms with Crippen molar-refractivity contribution in [3.63, 3.8) is 0 Å². The number of hydrogen-bond donors (Lipinski definition) is 2. The third-order valence-corrected chi connectivity index (χ3v) is 9.13. The zero-order chi connectivity index (χ0) is 26.6. The molecule has 2 heterocycles. The first-order valence-corrected chi connectivity index (χ1v) is 13.7. The number of aromatic amines is 1. The molecule has 3 atom stereocenters. The molecule has 0 radical (unpaired) electrons. The molecule has 0 bridgehead atoms. The van der Waals surface area contributed by atoms with Gasteiger partial charge >= 0.3 is 0 Å². The fourth-order valence-electron chi connectivity index (χ4n) is 7.13. The number of Topliss-reactive ketones (excluding diaryl/α,β-unsaturated/α-hetero) is 1. The Morgan fingerprint density at radius 2 is 1.74 bits per heavy atom. The number of carbonyl (C=O) groups excluding carboxylic acids is 2. The van der Waals surface area contributed by atoms with Crippen LogP contribution in [0, 0.1) is 5.92 Å². The normalized spacial score (nSPS) is 24.3. The van der Waals surface area contributed by atoms with E-state index in [1.54, 1.807) is 4.57 Å². The molecule has 2 aliphatic heterocycles. The second-order valence-electron chi connectivity index (χ2n) is 11.2. The molecule has 194 valence electrons. The summed E-state index contributed by atoms with van der Waals surface area (Å²) in [6.07, 6.45) is 6.73. The Bertz CT molecular complexity index is 1650. The van der Waals surface area contributed by atoms with Crippen molar-refractivity contribution < 1.29 is 14.7 Å². The Labute approximate surface area is 227 Å². The van der Waals surface area contributed by atoms with E-state index < -0.39 is 11.0 Å². The minimum absolute atomic E-state index is 0.0534. The van der Waals surface area contributed by atoms with Crippen LogP contribution < -0.4 is 0 Å². The largest absolute Gasteiger partial charge is 0.377 e. The standard InChI is InChI=1S/C34H30N2O3/c37-31-21-33(19-23-8-3-1-4-9-23)27(20-34(31,39)26-10-5-2-6-11-26)15-13-24-18-25(14-16-28(24)33)32(38)36-22-29-30(36)12-7-17-35-29/h1-12,14,16-18,22,27,35,39H,13,15,19-21H2. The molecular weight excluding hydrogens is 484 g/mol. The number of aromatic nitrogens is 2. The summed E-state index contributed by atoms with van der Waals surface area (Å²) in [5.74, 6) is -0.0555. The van der Waals surface area contributed by atoms with Crippen molar-refractivity contribution in [3.8, 4) is 11.4 Å². The van der Waals surface area contributed by atoms with Gasteiger partial charge in [-0.2, -0.15) is 0 Å². The Morgan fingerprint density at radius 3 is 2.51 bits per heavy atom. The first-order valence-electron chi connectivity index (χ1n) is 13.7. The summed E-state index contributed by atoms with van der Waals surface area (Å²) in [4.78, 5) is 30.5. The zero-order valence-corrected chi connectivity index (χ0v) is 21.6. The van der Waals surface area contributed by atoms with Gasteiger partial charge in [0.2, 0.25) is 0 Å². The summed E-state index contributed by atoms with van der Waals surface area (Å²) in [5.41, 5.74) is 4.69. The smallest absolute Gasteiger partial charge is 0.262 e. The van der Waals surface area contributed by atoms with Crippen LogP contribution in [0.3, 0.4) is 0 Å². The molecule has 5 nitrogen and oxygen atoms in total. The molecule has 0 saturated heterocycles. The lowest BCUT2D eigenvalue weighted by Crippen LogP contribution is -2.55. The van der Waals surface area contributed by atoms with E-state index in [0.29, 0.717) is 17.5 Å². The first-order chi connectivity index (χ1) is 19.0. The molecule has 7 rings (SSSR count). The van der Waals surface area contributed by atoms with Crippen molar-refractivity contribution in [2.75, 3.05) is 0 Å². The number of aliphatic hydroxyl groups is 1. The van der Waals surface area contributed by atoms with Crippen LogP contribution in [0.2, 0.25) is 0 Å². The number of carbonyl (C=O) groups is 2. The van der Waals surface area contributed by atoms with Gasteiger partial charge in [0.15, 0.2) is 5.78 Å². The van der Waals surface area contributed by atoms with Gasteiger partial charge in [-0.3, -0.25) is 14.2 Å². The van der Waals surface area contributed by atoms with Gasteiger partial charge in [-0.05, 0) is 78.1 Å². The van der Waals surface area contributed by atoms with Crippen LogP contribution in [0.25, 0.3) is 11.4 Å². The van der Waals surface area contributed by atoms with Gasteiger partial charge in [0.05, 0.1) is 11.4 Å². The number of nitrogens with zero attached hydrogens (tertiary/aromatic N) is 1. The lowest BCUT2D eigenvalue weighted by Gasteiger charge is -2.52. The summed E-state index contributed by atoms with van der Waals surface area (Å²) in [6.45, 7) is 0. The SMILES string of the molecule is O=C(c1ccc2c(c1)CCC1CC(O)(c3ccccc3)C(=O)CC21Cc1ccccc1)n1cc2[nH]cccc1-2. The van der Waals surface area contributed by atoms with E-state index >= 15 is 0 Å². The van der Waals surface area contributed by atoms with E-state index in [0.717, 1.165) is 41.8 Å². The van der Waals surface area contributed by atoms with E-state index in [-0.39, 0.29) is 24.0 Å². The average Bonchev–Trinajstić information content (AvgIpc) is 2.95. The van der Waals surface area contributed by atoms with E-state index in [9.17, 15) is 14.7 Å². The van der Waals surface area contributed by atoms with E-state index in [1.165, 1.54) is 5.56 Å². The number of fused-ring (bicyclic) bond motifs is 4. The molecule has 2 N–H and O–H groups in total. The van der Waals surface area contributed by atoms with Crippen molar-refractivity contribution in [1.82, 2.24) is 9.55 Å². The Hall–Kier alpha value is -4.22. The van der Waals surface area contributed by atoms with Gasteiger partial charge in [-0.15, -0.1) is 0 Å². The van der Waals surface area contributed by atoms with Gasteiger partial charge in [0, 0.05) is 29.8 Å². The van der Waals surface area contributed by atoms with Gasteiger partial charge < -0.3 is 10.1 Å². The van der Waals surface area contributed by atoms with Crippen molar-refractivity contribution in [1.29, 1.82) is 0 Å². The van der Waals surface area contributed by atoms with Crippen LogP contribution in [-0.4, -0.2) is 26.3 Å². The van der Waals surface area contributed by atoms with Gasteiger partial charge in [-0.25, -0.2) is 0 Å². The summed E-state index contributed by atoms with van der Waals surface area (Å²) in [7, 11) is 0. The van der Waals surface area contributed by atoms with Gasteiger partial charge in [0.1, 0.15) is 5.60 Å². The molecule has 1 fully saturated rings. The highest BCUT2D eigenvalue weighted by molar-refractivity contribution is 6.00. The lowest BCUT2D eigenvalue weighted by atomic mass is 9.51. The fraction of sp³-hybridized carbons (Fsp3) is 0.235. The maximum absolute atomic E-state index is 13.9. The zero-order valence-electron chi connectivity index (χ0n) is 21.6. The Kier molecular flexibility index (Phi) is 5.46. The van der Waals surface area contributed by atoms with E-state index in [1.807, 2.05) is 85.2 Å². The van der Waals surface area contributed by atoms with Gasteiger partial charge in [0.25, 0.3) is 5.91 Å². The monoisotopic (exact) mass is 514 g/mol. The summed E-state index contributed by atoms with van der Waals surface area (Å²) in [6, 6.07) is 29.6. The number of nitrogens with one attached hydrogen (secondary N) is 1. The number of aryl methyl sites for hydroxylation is 1. The predicted octanol–water partition coefficient (Wildman–Crippen LogP) is 5.90. The Morgan fingerprint density at radius 1 is 0.974 bits per heavy atom. The molecule has 2 aliphatic carbocycles. The topological polar surface area (TPSA) is 75.1 Å². The van der Waals surface area contributed by atoms with Crippen LogP contribution in [0.5, 0.6) is 0 Å². The minimum Gasteiger partial charge on any atom is -0.377 e. The molecule has 5 heteroatoms. The third-order valence-electron chi connectivity index (χ3n) is 9.13. The van der Waals surface area contributed by atoms with Crippen LogP contribution in [0.15, 0.2) is 103 Å². The highest BCUT2D eigenvalue weighted by Crippen LogP contribution is 2.55. The molecule has 0 amide bonds. The molecule has 1 saturated carbocycles. The fourth-order valence-corrected chi connectivity index (χ4v) is 7.13. The molecule has 0 spiro atoms. The number of pyridine rings is 1. The van der Waals surface area contributed by atoms with Crippen molar-refractivity contribution in [2.24, 2.45) is 5.92 Å². The summed E-state index contributed by atoms with van der Waals surface area (Å²) in [5, 5.41) is 11.8. The molecule has 3 aromatic carbocycles. The average molecular weight is 515 g/mol. The third kappa shape index (κ3) is 3.72. The van der Waals surface area contributed by atoms with Gasteiger partial charge in [-0.1, -0.05) is 66.7 Å². The molecular formula is C34H30N2O3. The van der Waals surface area contributed by atoms with Crippen LogP contribution >= 0.6 is 0 Å². The Balaban J connectivity index is 1.30. The van der Waals surface area contributed by atoms with E-state index in [2.05, 4.69) is 23.2 Å². The van der Waals surface area contributed by atoms with Crippen LogP contribution in [0.1, 0.15) is 51.9 Å². The first kappa shape index (κ1) is 23.9.